The molecule has 1 aromatic carbocycles. The fourth-order valence-electron chi connectivity index (χ4n) is 2.58. The molecule has 0 radical (unpaired) electrons. The summed E-state index contributed by atoms with van der Waals surface area (Å²) in [5.74, 6) is 1.54. The molecule has 1 aromatic heterocycles. The molecule has 3 nitrogen and oxygen atoms in total. The summed E-state index contributed by atoms with van der Waals surface area (Å²) in [6, 6.07) is 6.24. The van der Waals surface area contributed by atoms with Crippen LogP contribution in [0, 0.1) is 5.92 Å². The van der Waals surface area contributed by atoms with Crippen molar-refractivity contribution in [1.29, 1.82) is 0 Å². The molecule has 1 saturated carbocycles. The number of hydrogen-bond acceptors (Lipinski definition) is 2. The van der Waals surface area contributed by atoms with E-state index in [1.807, 2.05) is 18.3 Å². The zero-order valence-electron chi connectivity index (χ0n) is 10.5. The van der Waals surface area contributed by atoms with Gasteiger partial charge in [-0.3, -0.25) is 0 Å². The summed E-state index contributed by atoms with van der Waals surface area (Å²) >= 11 is 0. The number of aromatic amines is 1. The number of halogens is 1. The average molecular weight is 267 g/mol. The van der Waals surface area contributed by atoms with Crippen molar-refractivity contribution in [3.05, 3.63) is 30.0 Å². The summed E-state index contributed by atoms with van der Waals surface area (Å²) in [6.45, 7) is 0. The van der Waals surface area contributed by atoms with Gasteiger partial charge in [-0.2, -0.15) is 0 Å². The number of H-pyrrole nitrogens is 1. The van der Waals surface area contributed by atoms with Crippen molar-refractivity contribution >= 4 is 23.3 Å². The Kier molecular flexibility index (Phi) is 3.83. The fraction of sp³-hybridized carbons (Fsp3) is 0.429. The van der Waals surface area contributed by atoms with Crippen LogP contribution in [0.4, 0.5) is 0 Å². The lowest BCUT2D eigenvalue weighted by molar-refractivity contribution is 0.265. The molecule has 0 saturated heterocycles. The molecule has 18 heavy (non-hydrogen) atoms. The monoisotopic (exact) mass is 266 g/mol. The third-order valence-electron chi connectivity index (χ3n) is 3.94. The largest absolute Gasteiger partial charge is 0.497 e. The SMILES string of the molecule is COc1ccc2[nH]cc([C@@H](N)C3CCC3)c2c1.Cl. The Balaban J connectivity index is 0.00000120. The van der Waals surface area contributed by atoms with Crippen molar-refractivity contribution in [1.82, 2.24) is 4.98 Å². The molecule has 1 atom stereocenters. The normalized spacial score (nSPS) is 17.0. The minimum absolute atomic E-state index is 0. The van der Waals surface area contributed by atoms with Crippen molar-refractivity contribution < 1.29 is 4.74 Å². The highest BCUT2D eigenvalue weighted by Gasteiger charge is 2.27. The highest BCUT2D eigenvalue weighted by Crippen LogP contribution is 2.38. The molecule has 2 aromatic rings. The van der Waals surface area contributed by atoms with Gasteiger partial charge in [-0.05, 0) is 42.5 Å². The smallest absolute Gasteiger partial charge is 0.119 e. The lowest BCUT2D eigenvalue weighted by atomic mass is 9.77. The number of rotatable bonds is 3. The fourth-order valence-corrected chi connectivity index (χ4v) is 2.58. The summed E-state index contributed by atoms with van der Waals surface area (Å²) < 4.78 is 5.27. The van der Waals surface area contributed by atoms with E-state index in [-0.39, 0.29) is 18.4 Å². The molecule has 1 aliphatic carbocycles. The lowest BCUT2D eigenvalue weighted by Crippen LogP contribution is -2.26. The molecule has 98 valence electrons. The predicted molar refractivity (Wildman–Crippen MR) is 76.4 cm³/mol. The molecule has 0 spiro atoms. The molecule has 0 unspecified atom stereocenters. The standard InChI is InChI=1S/C14H18N2O.ClH/c1-17-10-5-6-13-11(7-10)12(8-16-13)14(15)9-3-2-4-9;/h5-9,14,16H,2-4,15H2,1H3;1H/t14-;/m0./s1. The van der Waals surface area contributed by atoms with Crippen LogP contribution in [0.2, 0.25) is 0 Å². The van der Waals surface area contributed by atoms with Gasteiger partial charge in [0.05, 0.1) is 7.11 Å². The second-order valence-corrected chi connectivity index (χ2v) is 4.87. The molecule has 4 heteroatoms. The van der Waals surface area contributed by atoms with Crippen molar-refractivity contribution in [3.8, 4) is 5.75 Å². The van der Waals surface area contributed by atoms with Gasteiger partial charge in [0, 0.05) is 23.1 Å². The molecule has 3 rings (SSSR count). The highest BCUT2D eigenvalue weighted by molar-refractivity contribution is 5.85. The van der Waals surface area contributed by atoms with E-state index >= 15 is 0 Å². The number of nitrogens with one attached hydrogen (secondary N) is 1. The van der Waals surface area contributed by atoms with Crippen LogP contribution in [0.25, 0.3) is 10.9 Å². The van der Waals surface area contributed by atoms with E-state index in [1.54, 1.807) is 7.11 Å². The Labute approximate surface area is 113 Å². The number of fused-ring (bicyclic) bond motifs is 1. The van der Waals surface area contributed by atoms with E-state index in [1.165, 1.54) is 30.2 Å². The minimum Gasteiger partial charge on any atom is -0.497 e. The van der Waals surface area contributed by atoms with E-state index in [0.717, 1.165) is 11.3 Å². The first-order chi connectivity index (χ1) is 8.29. The molecular formula is C14H19ClN2O. The number of ether oxygens (including phenoxy) is 1. The maximum Gasteiger partial charge on any atom is 0.119 e. The summed E-state index contributed by atoms with van der Waals surface area (Å²) in [4.78, 5) is 3.29. The maximum atomic E-state index is 6.34. The number of methoxy groups -OCH3 is 1. The van der Waals surface area contributed by atoms with Gasteiger partial charge in [-0.25, -0.2) is 0 Å². The minimum atomic E-state index is 0. The van der Waals surface area contributed by atoms with Crippen LogP contribution in [0.3, 0.4) is 0 Å². The first-order valence-corrected chi connectivity index (χ1v) is 6.20. The van der Waals surface area contributed by atoms with Crippen LogP contribution in [0.5, 0.6) is 5.75 Å². The van der Waals surface area contributed by atoms with Crippen LogP contribution in [0.1, 0.15) is 30.9 Å². The first-order valence-electron chi connectivity index (χ1n) is 6.20. The lowest BCUT2D eigenvalue weighted by Gasteiger charge is -2.31. The Morgan fingerprint density at radius 1 is 1.39 bits per heavy atom. The second kappa shape index (κ2) is 5.21. The first kappa shape index (κ1) is 13.2. The Bertz CT molecular complexity index is 534. The number of benzene rings is 1. The van der Waals surface area contributed by atoms with Crippen molar-refractivity contribution in [3.63, 3.8) is 0 Å². The topological polar surface area (TPSA) is 51.0 Å². The summed E-state index contributed by atoms with van der Waals surface area (Å²) in [7, 11) is 1.69. The maximum absolute atomic E-state index is 6.34. The van der Waals surface area contributed by atoms with Gasteiger partial charge < -0.3 is 15.5 Å². The Morgan fingerprint density at radius 2 is 2.17 bits per heavy atom. The van der Waals surface area contributed by atoms with Gasteiger partial charge in [-0.15, -0.1) is 12.4 Å². The number of aromatic nitrogens is 1. The van der Waals surface area contributed by atoms with Crippen LogP contribution in [-0.4, -0.2) is 12.1 Å². The van der Waals surface area contributed by atoms with E-state index in [4.69, 9.17) is 10.5 Å². The molecular weight excluding hydrogens is 248 g/mol. The molecule has 1 fully saturated rings. The van der Waals surface area contributed by atoms with E-state index in [0.29, 0.717) is 5.92 Å². The summed E-state index contributed by atoms with van der Waals surface area (Å²) in [5, 5.41) is 1.20. The zero-order chi connectivity index (χ0) is 11.8. The third-order valence-corrected chi connectivity index (χ3v) is 3.94. The van der Waals surface area contributed by atoms with E-state index in [9.17, 15) is 0 Å². The zero-order valence-corrected chi connectivity index (χ0v) is 11.3. The second-order valence-electron chi connectivity index (χ2n) is 4.87. The van der Waals surface area contributed by atoms with Gasteiger partial charge in [0.25, 0.3) is 0 Å². The summed E-state index contributed by atoms with van der Waals surface area (Å²) in [5.41, 5.74) is 8.70. The molecule has 0 bridgehead atoms. The van der Waals surface area contributed by atoms with Crippen LogP contribution >= 0.6 is 12.4 Å². The number of hydrogen-bond donors (Lipinski definition) is 2. The van der Waals surface area contributed by atoms with Gasteiger partial charge in [0.15, 0.2) is 0 Å². The van der Waals surface area contributed by atoms with Gasteiger partial charge >= 0.3 is 0 Å². The van der Waals surface area contributed by atoms with Crippen molar-refractivity contribution in [2.75, 3.05) is 7.11 Å². The van der Waals surface area contributed by atoms with Gasteiger partial charge in [0.1, 0.15) is 5.75 Å². The van der Waals surface area contributed by atoms with Crippen LogP contribution in [-0.2, 0) is 0 Å². The van der Waals surface area contributed by atoms with E-state index < -0.39 is 0 Å². The van der Waals surface area contributed by atoms with Crippen LogP contribution < -0.4 is 10.5 Å². The number of nitrogens with two attached hydrogens (primary N) is 1. The summed E-state index contributed by atoms with van der Waals surface area (Å²) in [6.07, 6.45) is 5.90. The molecule has 1 aliphatic rings. The Morgan fingerprint density at radius 3 is 2.78 bits per heavy atom. The van der Waals surface area contributed by atoms with E-state index in [2.05, 4.69) is 11.1 Å². The van der Waals surface area contributed by atoms with Crippen LogP contribution in [0.15, 0.2) is 24.4 Å². The average Bonchev–Trinajstić information content (AvgIpc) is 2.68. The Hall–Kier alpha value is -1.19. The van der Waals surface area contributed by atoms with Gasteiger partial charge in [-0.1, -0.05) is 6.42 Å². The molecule has 1 heterocycles. The van der Waals surface area contributed by atoms with Crippen molar-refractivity contribution in [2.24, 2.45) is 11.7 Å². The predicted octanol–water partition coefficient (Wildman–Crippen LogP) is 3.40. The molecule has 3 N–H and O–H groups in total. The molecule has 0 aliphatic heterocycles. The molecule has 0 amide bonds. The highest BCUT2D eigenvalue weighted by atomic mass is 35.5. The third kappa shape index (κ3) is 2.08. The van der Waals surface area contributed by atoms with Crippen molar-refractivity contribution in [2.45, 2.75) is 25.3 Å². The van der Waals surface area contributed by atoms with Gasteiger partial charge in [0.2, 0.25) is 0 Å². The quantitative estimate of drug-likeness (QED) is 0.895.